The van der Waals surface area contributed by atoms with Gasteiger partial charge in [0, 0.05) is 13.6 Å². The Hall–Kier alpha value is -1.69. The smallest absolute Gasteiger partial charge is 0.367 e. The lowest BCUT2D eigenvalue weighted by Crippen LogP contribution is -2.37. The van der Waals surface area contributed by atoms with E-state index in [9.17, 15) is 10.1 Å². The second-order valence-corrected chi connectivity index (χ2v) is 4.70. The largest absolute Gasteiger partial charge is 0.387 e. The molecular formula is C12H18N4O2. The van der Waals surface area contributed by atoms with Crippen molar-refractivity contribution < 1.29 is 4.92 Å². The number of hydrogen-bond acceptors (Lipinski definition) is 5. The van der Waals surface area contributed by atoms with Gasteiger partial charge in [-0.25, -0.2) is 0 Å². The predicted molar refractivity (Wildman–Crippen MR) is 69.8 cm³/mol. The number of hydrogen-bond donors (Lipinski definition) is 1. The van der Waals surface area contributed by atoms with E-state index in [1.165, 1.54) is 19.0 Å². The van der Waals surface area contributed by atoms with E-state index in [2.05, 4.69) is 10.3 Å². The summed E-state index contributed by atoms with van der Waals surface area (Å²) in [7, 11) is 1.89. The van der Waals surface area contributed by atoms with Crippen molar-refractivity contribution in [2.45, 2.75) is 12.8 Å². The molecule has 18 heavy (non-hydrogen) atoms. The standard InChI is InChI=1S/C12H18N4O2/c1-15(9-10-4-2-6-13-8-10)11-5-3-7-14-12(11)16(17)18/h3,5,7,10,13H,2,4,6,8-9H2,1H3. The van der Waals surface area contributed by atoms with Crippen LogP contribution in [0.3, 0.4) is 0 Å². The monoisotopic (exact) mass is 250 g/mol. The molecular weight excluding hydrogens is 232 g/mol. The van der Waals surface area contributed by atoms with Gasteiger partial charge in [-0.05, 0) is 53.9 Å². The quantitative estimate of drug-likeness (QED) is 0.646. The molecule has 1 unspecified atom stereocenters. The molecule has 1 aromatic heterocycles. The van der Waals surface area contributed by atoms with E-state index in [1.54, 1.807) is 12.1 Å². The van der Waals surface area contributed by atoms with Gasteiger partial charge >= 0.3 is 5.82 Å². The predicted octanol–water partition coefficient (Wildman–Crippen LogP) is 1.43. The minimum absolute atomic E-state index is 0.0660. The van der Waals surface area contributed by atoms with Crippen LogP contribution in [0.25, 0.3) is 0 Å². The fourth-order valence-electron chi connectivity index (χ4n) is 2.39. The molecule has 1 fully saturated rings. The summed E-state index contributed by atoms with van der Waals surface area (Å²) < 4.78 is 0. The molecule has 0 spiro atoms. The van der Waals surface area contributed by atoms with E-state index in [-0.39, 0.29) is 5.82 Å². The van der Waals surface area contributed by atoms with Crippen LogP contribution in [-0.2, 0) is 0 Å². The molecule has 2 rings (SSSR count). The molecule has 0 radical (unpaired) electrons. The number of rotatable bonds is 4. The number of piperidine rings is 1. The van der Waals surface area contributed by atoms with Gasteiger partial charge in [-0.3, -0.25) is 0 Å². The van der Waals surface area contributed by atoms with Crippen LogP contribution < -0.4 is 10.2 Å². The molecule has 0 amide bonds. The lowest BCUT2D eigenvalue weighted by atomic mass is 9.99. The third kappa shape index (κ3) is 2.95. The minimum atomic E-state index is -0.426. The number of aromatic nitrogens is 1. The molecule has 1 N–H and O–H groups in total. The summed E-state index contributed by atoms with van der Waals surface area (Å²) in [6.45, 7) is 2.88. The normalized spacial score (nSPS) is 19.5. The molecule has 2 heterocycles. The van der Waals surface area contributed by atoms with E-state index in [4.69, 9.17) is 0 Å². The molecule has 0 aromatic carbocycles. The van der Waals surface area contributed by atoms with Crippen molar-refractivity contribution in [2.75, 3.05) is 31.6 Å². The van der Waals surface area contributed by atoms with Gasteiger partial charge < -0.3 is 20.3 Å². The maximum atomic E-state index is 10.9. The Balaban J connectivity index is 2.08. The Morgan fingerprint density at radius 2 is 2.50 bits per heavy atom. The molecule has 1 aromatic rings. The lowest BCUT2D eigenvalue weighted by Gasteiger charge is -2.28. The average molecular weight is 250 g/mol. The first kappa shape index (κ1) is 12.8. The van der Waals surface area contributed by atoms with Gasteiger partial charge in [0.05, 0.1) is 0 Å². The van der Waals surface area contributed by atoms with Gasteiger partial charge in [0.15, 0.2) is 0 Å². The Bertz CT molecular complexity index is 418. The molecule has 1 aliphatic heterocycles. The van der Waals surface area contributed by atoms with Crippen molar-refractivity contribution in [1.29, 1.82) is 0 Å². The number of pyridine rings is 1. The first-order valence-corrected chi connectivity index (χ1v) is 6.19. The van der Waals surface area contributed by atoms with Crippen LogP contribution in [0.2, 0.25) is 0 Å². The Kier molecular flexibility index (Phi) is 4.09. The van der Waals surface area contributed by atoms with Crippen molar-refractivity contribution in [1.82, 2.24) is 10.3 Å². The Morgan fingerprint density at radius 1 is 1.67 bits per heavy atom. The van der Waals surface area contributed by atoms with E-state index in [0.717, 1.165) is 19.6 Å². The molecule has 6 heteroatoms. The van der Waals surface area contributed by atoms with E-state index in [1.807, 2.05) is 11.9 Å². The zero-order chi connectivity index (χ0) is 13.0. The summed E-state index contributed by atoms with van der Waals surface area (Å²) in [6, 6.07) is 3.49. The topological polar surface area (TPSA) is 71.3 Å². The fourth-order valence-corrected chi connectivity index (χ4v) is 2.39. The van der Waals surface area contributed by atoms with Gasteiger partial charge in [0.1, 0.15) is 11.9 Å². The molecule has 1 aliphatic rings. The highest BCUT2D eigenvalue weighted by atomic mass is 16.6. The average Bonchev–Trinajstić information content (AvgIpc) is 2.40. The fraction of sp³-hybridized carbons (Fsp3) is 0.583. The van der Waals surface area contributed by atoms with Gasteiger partial charge in [-0.15, -0.1) is 0 Å². The first-order valence-electron chi connectivity index (χ1n) is 6.19. The molecule has 1 atom stereocenters. The highest BCUT2D eigenvalue weighted by molar-refractivity contribution is 5.58. The summed E-state index contributed by atoms with van der Waals surface area (Å²) in [5.74, 6) is 0.479. The van der Waals surface area contributed by atoms with E-state index < -0.39 is 4.92 Å². The molecule has 98 valence electrons. The molecule has 0 saturated carbocycles. The van der Waals surface area contributed by atoms with E-state index in [0.29, 0.717) is 11.6 Å². The van der Waals surface area contributed by atoms with Crippen LogP contribution >= 0.6 is 0 Å². The van der Waals surface area contributed by atoms with Crippen LogP contribution in [0.5, 0.6) is 0 Å². The maximum absolute atomic E-state index is 10.9. The molecule has 0 aliphatic carbocycles. The number of anilines is 1. The number of nitro groups is 1. The zero-order valence-corrected chi connectivity index (χ0v) is 10.5. The minimum Gasteiger partial charge on any atom is -0.367 e. The maximum Gasteiger partial charge on any atom is 0.387 e. The van der Waals surface area contributed by atoms with Gasteiger partial charge in [-0.2, -0.15) is 0 Å². The Morgan fingerprint density at radius 3 is 3.17 bits per heavy atom. The van der Waals surface area contributed by atoms with Crippen LogP contribution in [0.1, 0.15) is 12.8 Å². The summed E-state index contributed by atoms with van der Waals surface area (Å²) in [5.41, 5.74) is 0.591. The van der Waals surface area contributed by atoms with Crippen LogP contribution in [-0.4, -0.2) is 36.6 Å². The Labute approximate surface area is 106 Å². The number of nitrogens with zero attached hydrogens (tertiary/aromatic N) is 3. The van der Waals surface area contributed by atoms with Gasteiger partial charge in [0.25, 0.3) is 0 Å². The second-order valence-electron chi connectivity index (χ2n) is 4.70. The van der Waals surface area contributed by atoms with Crippen molar-refractivity contribution in [3.05, 3.63) is 28.4 Å². The van der Waals surface area contributed by atoms with E-state index >= 15 is 0 Å². The van der Waals surface area contributed by atoms with Gasteiger partial charge in [-0.1, -0.05) is 0 Å². The van der Waals surface area contributed by atoms with Crippen LogP contribution in [0.15, 0.2) is 18.3 Å². The zero-order valence-electron chi connectivity index (χ0n) is 10.5. The van der Waals surface area contributed by atoms with Crippen LogP contribution in [0, 0.1) is 16.0 Å². The lowest BCUT2D eigenvalue weighted by molar-refractivity contribution is -0.388. The summed E-state index contributed by atoms with van der Waals surface area (Å²) in [6.07, 6.45) is 3.80. The highest BCUT2D eigenvalue weighted by Gasteiger charge is 2.21. The molecule has 1 saturated heterocycles. The van der Waals surface area contributed by atoms with Crippen molar-refractivity contribution in [3.8, 4) is 0 Å². The first-order chi connectivity index (χ1) is 8.68. The van der Waals surface area contributed by atoms with Crippen molar-refractivity contribution >= 4 is 11.5 Å². The van der Waals surface area contributed by atoms with Crippen molar-refractivity contribution in [3.63, 3.8) is 0 Å². The SMILES string of the molecule is CN(CC1CCCNC1)c1cccnc1[N+](=O)[O-]. The summed E-state index contributed by atoms with van der Waals surface area (Å²) in [4.78, 5) is 16.3. The summed E-state index contributed by atoms with van der Waals surface area (Å²) >= 11 is 0. The third-order valence-electron chi connectivity index (χ3n) is 3.28. The molecule has 6 nitrogen and oxygen atoms in total. The van der Waals surface area contributed by atoms with Gasteiger partial charge in [0.2, 0.25) is 0 Å². The molecule has 0 bridgehead atoms. The van der Waals surface area contributed by atoms with Crippen LogP contribution in [0.4, 0.5) is 11.5 Å². The number of nitrogens with one attached hydrogen (secondary N) is 1. The second kappa shape index (κ2) is 5.77. The van der Waals surface area contributed by atoms with Crippen molar-refractivity contribution in [2.24, 2.45) is 5.92 Å². The summed E-state index contributed by atoms with van der Waals surface area (Å²) in [5, 5.41) is 14.3. The third-order valence-corrected chi connectivity index (χ3v) is 3.28. The highest BCUT2D eigenvalue weighted by Crippen LogP contribution is 2.25.